The van der Waals surface area contributed by atoms with E-state index in [0.717, 1.165) is 0 Å². The zero-order chi connectivity index (χ0) is 21.3. The van der Waals surface area contributed by atoms with Gasteiger partial charge < -0.3 is 31.9 Å². The molecule has 1 aromatic carbocycles. The molecule has 0 radical (unpaired) electrons. The van der Waals surface area contributed by atoms with Crippen LogP contribution in [-0.4, -0.2) is 64.3 Å². The number of phenols is 1. The quantitative estimate of drug-likeness (QED) is 0.226. The van der Waals surface area contributed by atoms with E-state index in [4.69, 9.17) is 10.8 Å². The number of phenolic OH excluding ortho intramolecular Hbond substituents is 1. The van der Waals surface area contributed by atoms with Gasteiger partial charge in [-0.1, -0.05) is 12.1 Å². The maximum atomic E-state index is 12.4. The van der Waals surface area contributed by atoms with Gasteiger partial charge in [-0.2, -0.15) is 12.6 Å². The third-order valence-electron chi connectivity index (χ3n) is 3.71. The number of aromatic hydroxyl groups is 1. The summed E-state index contributed by atoms with van der Waals surface area (Å²) in [6, 6.07) is 2.86. The van der Waals surface area contributed by atoms with Crippen molar-refractivity contribution in [3.05, 3.63) is 29.8 Å². The van der Waals surface area contributed by atoms with E-state index in [1.54, 1.807) is 12.1 Å². The van der Waals surface area contributed by atoms with E-state index in [0.29, 0.717) is 5.56 Å². The summed E-state index contributed by atoms with van der Waals surface area (Å²) in [6.45, 7) is 0.882. The first-order valence-corrected chi connectivity index (χ1v) is 9.01. The predicted molar refractivity (Wildman–Crippen MR) is 104 cm³/mol. The van der Waals surface area contributed by atoms with Crippen LogP contribution >= 0.6 is 12.6 Å². The Labute approximate surface area is 167 Å². The molecule has 3 unspecified atom stereocenters. The molecule has 154 valence electrons. The summed E-state index contributed by atoms with van der Waals surface area (Å²) in [5.74, 6) is -3.00. The molecule has 11 heteroatoms. The van der Waals surface area contributed by atoms with Gasteiger partial charge in [0.1, 0.15) is 17.8 Å². The van der Waals surface area contributed by atoms with E-state index in [1.165, 1.54) is 19.1 Å². The highest BCUT2D eigenvalue weighted by Gasteiger charge is 2.25. The summed E-state index contributed by atoms with van der Waals surface area (Å²) in [7, 11) is 0. The van der Waals surface area contributed by atoms with E-state index < -0.39 is 48.4 Å². The highest BCUT2D eigenvalue weighted by molar-refractivity contribution is 7.80. The lowest BCUT2D eigenvalue weighted by atomic mass is 10.0. The summed E-state index contributed by atoms with van der Waals surface area (Å²) in [6.07, 6.45) is 0.0499. The minimum atomic E-state index is -1.23. The van der Waals surface area contributed by atoms with Crippen LogP contribution in [0.4, 0.5) is 0 Å². The van der Waals surface area contributed by atoms with Gasteiger partial charge in [-0.15, -0.1) is 0 Å². The number of benzene rings is 1. The monoisotopic (exact) mass is 412 g/mol. The molecule has 7 N–H and O–H groups in total. The maximum Gasteiger partial charge on any atom is 0.325 e. The van der Waals surface area contributed by atoms with Crippen LogP contribution in [0.1, 0.15) is 12.5 Å². The Morgan fingerprint density at radius 2 is 1.71 bits per heavy atom. The number of carbonyl (C=O) groups is 4. The molecule has 0 aromatic heterocycles. The van der Waals surface area contributed by atoms with Crippen molar-refractivity contribution in [2.75, 3.05) is 12.3 Å². The molecule has 0 fully saturated rings. The lowest BCUT2D eigenvalue weighted by Crippen LogP contribution is -2.54. The fourth-order valence-corrected chi connectivity index (χ4v) is 2.25. The smallest absolute Gasteiger partial charge is 0.325 e. The Balaban J connectivity index is 2.80. The maximum absolute atomic E-state index is 12.4. The van der Waals surface area contributed by atoms with Crippen molar-refractivity contribution in [1.82, 2.24) is 16.0 Å². The molecular weight excluding hydrogens is 388 g/mol. The highest BCUT2D eigenvalue weighted by atomic mass is 32.1. The minimum absolute atomic E-state index is 0.0385. The lowest BCUT2D eigenvalue weighted by molar-refractivity contribution is -0.141. The third kappa shape index (κ3) is 7.84. The van der Waals surface area contributed by atoms with Crippen molar-refractivity contribution < 1.29 is 29.4 Å². The van der Waals surface area contributed by atoms with Gasteiger partial charge in [0.25, 0.3) is 0 Å². The molecule has 0 saturated carbocycles. The Morgan fingerprint density at radius 1 is 1.11 bits per heavy atom. The van der Waals surface area contributed by atoms with Gasteiger partial charge in [0, 0.05) is 12.2 Å². The molecule has 0 bridgehead atoms. The second kappa shape index (κ2) is 11.1. The van der Waals surface area contributed by atoms with Crippen LogP contribution in [0, 0.1) is 0 Å². The molecule has 10 nitrogen and oxygen atoms in total. The van der Waals surface area contributed by atoms with Gasteiger partial charge in [-0.25, -0.2) is 0 Å². The molecule has 1 rings (SSSR count). The SMILES string of the molecule is CC(NC(=O)C(Cc1ccc(O)cc1)NC(=O)CNC(=O)C(N)CS)C(=O)O. The molecule has 0 aliphatic heterocycles. The molecular formula is C17H24N4O6S. The molecule has 0 heterocycles. The number of thiol groups is 1. The van der Waals surface area contributed by atoms with Crippen LogP contribution in [0.25, 0.3) is 0 Å². The van der Waals surface area contributed by atoms with Crippen LogP contribution < -0.4 is 21.7 Å². The summed E-state index contributed by atoms with van der Waals surface area (Å²) < 4.78 is 0. The number of hydrogen-bond donors (Lipinski definition) is 7. The van der Waals surface area contributed by atoms with Gasteiger partial charge in [0.05, 0.1) is 12.6 Å². The van der Waals surface area contributed by atoms with Crippen LogP contribution in [0.3, 0.4) is 0 Å². The van der Waals surface area contributed by atoms with E-state index in [1.807, 2.05) is 0 Å². The van der Waals surface area contributed by atoms with Crippen molar-refractivity contribution in [2.45, 2.75) is 31.5 Å². The molecule has 0 saturated heterocycles. The Bertz CT molecular complexity index is 712. The minimum Gasteiger partial charge on any atom is -0.508 e. The van der Waals surface area contributed by atoms with Gasteiger partial charge in [-0.05, 0) is 24.6 Å². The van der Waals surface area contributed by atoms with Gasteiger partial charge >= 0.3 is 5.97 Å². The lowest BCUT2D eigenvalue weighted by Gasteiger charge is -2.20. The van der Waals surface area contributed by atoms with Crippen LogP contribution in [0.15, 0.2) is 24.3 Å². The average molecular weight is 412 g/mol. The standard InChI is InChI=1S/C17H24N4O6S/c1-9(17(26)27)20-16(25)13(6-10-2-4-11(22)5-3-10)21-14(23)7-19-15(24)12(18)8-28/h2-5,9,12-13,22,28H,6-8,18H2,1H3,(H,19,24)(H,20,25)(H,21,23)(H,26,27). The first-order valence-electron chi connectivity index (χ1n) is 8.38. The van der Waals surface area contributed by atoms with Crippen LogP contribution in [0.2, 0.25) is 0 Å². The second-order valence-corrected chi connectivity index (χ2v) is 6.43. The Morgan fingerprint density at radius 3 is 2.25 bits per heavy atom. The van der Waals surface area contributed by atoms with Crippen molar-refractivity contribution in [2.24, 2.45) is 5.73 Å². The van der Waals surface area contributed by atoms with E-state index >= 15 is 0 Å². The number of hydrogen-bond acceptors (Lipinski definition) is 7. The molecule has 3 amide bonds. The third-order valence-corrected chi connectivity index (χ3v) is 4.11. The largest absolute Gasteiger partial charge is 0.508 e. The number of nitrogens with two attached hydrogens (primary N) is 1. The molecule has 0 spiro atoms. The van der Waals surface area contributed by atoms with Gasteiger partial charge in [0.2, 0.25) is 17.7 Å². The van der Waals surface area contributed by atoms with E-state index in [2.05, 4.69) is 28.6 Å². The number of amides is 3. The van der Waals surface area contributed by atoms with Crippen molar-refractivity contribution >= 4 is 36.3 Å². The van der Waals surface area contributed by atoms with Crippen LogP contribution in [0.5, 0.6) is 5.75 Å². The number of rotatable bonds is 10. The Hall–Kier alpha value is -2.79. The first-order chi connectivity index (χ1) is 13.1. The summed E-state index contributed by atoms with van der Waals surface area (Å²) in [5.41, 5.74) is 6.12. The van der Waals surface area contributed by atoms with Gasteiger partial charge in [0.15, 0.2) is 0 Å². The summed E-state index contributed by atoms with van der Waals surface area (Å²) in [4.78, 5) is 47.1. The van der Waals surface area contributed by atoms with Crippen molar-refractivity contribution in [3.63, 3.8) is 0 Å². The fourth-order valence-electron chi connectivity index (χ4n) is 2.08. The summed E-state index contributed by atoms with van der Waals surface area (Å²) >= 11 is 3.89. The molecule has 0 aliphatic rings. The normalized spacial score (nSPS) is 13.7. The van der Waals surface area contributed by atoms with Crippen molar-refractivity contribution in [3.8, 4) is 5.75 Å². The van der Waals surface area contributed by atoms with E-state index in [9.17, 15) is 24.3 Å². The number of carbonyl (C=O) groups excluding carboxylic acids is 3. The fraction of sp³-hybridized carbons (Fsp3) is 0.412. The molecule has 3 atom stereocenters. The average Bonchev–Trinajstić information content (AvgIpc) is 2.66. The predicted octanol–water partition coefficient (Wildman–Crippen LogP) is -1.62. The topological polar surface area (TPSA) is 171 Å². The molecule has 1 aromatic rings. The first kappa shape index (κ1) is 23.2. The number of carboxylic acids is 1. The van der Waals surface area contributed by atoms with E-state index in [-0.39, 0.29) is 17.9 Å². The highest BCUT2D eigenvalue weighted by Crippen LogP contribution is 2.11. The zero-order valence-corrected chi connectivity index (χ0v) is 16.1. The Kier molecular flexibility index (Phi) is 9.25. The second-order valence-electron chi connectivity index (χ2n) is 6.07. The molecule has 28 heavy (non-hydrogen) atoms. The summed E-state index contributed by atoms with van der Waals surface area (Å²) in [5, 5.41) is 25.4. The zero-order valence-electron chi connectivity index (χ0n) is 15.2. The molecule has 0 aliphatic carbocycles. The number of carboxylic acid groups (broad SMARTS) is 1. The number of nitrogens with one attached hydrogen (secondary N) is 3. The number of aliphatic carboxylic acids is 1. The van der Waals surface area contributed by atoms with Crippen LogP contribution in [-0.2, 0) is 25.6 Å². The van der Waals surface area contributed by atoms with Gasteiger partial charge in [-0.3, -0.25) is 19.2 Å². The van der Waals surface area contributed by atoms with Crippen molar-refractivity contribution in [1.29, 1.82) is 0 Å².